The van der Waals surface area contributed by atoms with Crippen LogP contribution in [0.3, 0.4) is 0 Å². The summed E-state index contributed by atoms with van der Waals surface area (Å²) in [6.45, 7) is 4.27. The number of para-hydroxylation sites is 1. The topological polar surface area (TPSA) is 74.0 Å². The number of hydrogen-bond acceptors (Lipinski definition) is 2. The number of amides is 2. The minimum atomic E-state index is -0.247. The number of aromatic amines is 1. The third-order valence-electron chi connectivity index (χ3n) is 5.60. The molecule has 0 radical (unpaired) electrons. The van der Waals surface area contributed by atoms with Crippen molar-refractivity contribution in [1.82, 2.24) is 15.6 Å². The summed E-state index contributed by atoms with van der Waals surface area (Å²) in [6, 6.07) is 23.9. The van der Waals surface area contributed by atoms with E-state index in [1.165, 1.54) is 0 Å². The van der Waals surface area contributed by atoms with Crippen molar-refractivity contribution in [3.8, 4) is 0 Å². The van der Waals surface area contributed by atoms with Gasteiger partial charge in [-0.25, -0.2) is 0 Å². The van der Waals surface area contributed by atoms with Gasteiger partial charge in [-0.05, 0) is 43.2 Å². The highest BCUT2D eigenvalue weighted by atomic mass is 16.2. The molecule has 0 spiro atoms. The van der Waals surface area contributed by atoms with E-state index in [1.54, 1.807) is 0 Å². The first-order valence-electron chi connectivity index (χ1n) is 10.8. The lowest BCUT2D eigenvalue weighted by Gasteiger charge is -2.18. The molecule has 0 aliphatic carbocycles. The Hall–Kier alpha value is -3.86. The number of rotatable bonds is 7. The van der Waals surface area contributed by atoms with E-state index in [2.05, 4.69) is 33.8 Å². The normalized spacial score (nSPS) is 11.8. The predicted octanol–water partition coefficient (Wildman–Crippen LogP) is 4.46. The summed E-state index contributed by atoms with van der Waals surface area (Å²) in [5, 5.41) is 6.86. The van der Waals surface area contributed by atoms with Crippen LogP contribution in [0.25, 0.3) is 10.9 Å². The van der Waals surface area contributed by atoms with E-state index in [0.717, 1.165) is 33.2 Å². The van der Waals surface area contributed by atoms with E-state index in [4.69, 9.17) is 0 Å². The lowest BCUT2D eigenvalue weighted by Crippen LogP contribution is -2.38. The van der Waals surface area contributed by atoms with Crippen molar-refractivity contribution in [3.05, 3.63) is 107 Å². The van der Waals surface area contributed by atoms with Crippen LogP contribution in [-0.2, 0) is 4.79 Å². The lowest BCUT2D eigenvalue weighted by atomic mass is 9.91. The maximum absolute atomic E-state index is 12.5. The zero-order chi connectivity index (χ0) is 22.5. The molecule has 1 atom stereocenters. The van der Waals surface area contributed by atoms with Crippen LogP contribution in [0, 0.1) is 13.8 Å². The number of benzene rings is 3. The summed E-state index contributed by atoms with van der Waals surface area (Å²) in [5.74, 6) is -0.474. The molecule has 0 unspecified atom stereocenters. The number of H-pyrrole nitrogens is 1. The molecular formula is C27H27N3O2. The van der Waals surface area contributed by atoms with Crippen molar-refractivity contribution < 1.29 is 9.59 Å². The molecule has 5 heteroatoms. The van der Waals surface area contributed by atoms with Crippen LogP contribution < -0.4 is 10.6 Å². The van der Waals surface area contributed by atoms with Gasteiger partial charge in [-0.2, -0.15) is 0 Å². The van der Waals surface area contributed by atoms with Crippen LogP contribution in [0.4, 0.5) is 0 Å². The third-order valence-corrected chi connectivity index (χ3v) is 5.60. The summed E-state index contributed by atoms with van der Waals surface area (Å²) in [6.07, 6.45) is 2.01. The zero-order valence-electron chi connectivity index (χ0n) is 18.3. The molecule has 1 heterocycles. The van der Waals surface area contributed by atoms with Crippen LogP contribution in [0.5, 0.6) is 0 Å². The van der Waals surface area contributed by atoms with Gasteiger partial charge in [-0.3, -0.25) is 9.59 Å². The molecule has 32 heavy (non-hydrogen) atoms. The lowest BCUT2D eigenvalue weighted by molar-refractivity contribution is -0.120. The Bertz CT molecular complexity index is 1220. The highest BCUT2D eigenvalue weighted by molar-refractivity contribution is 5.96. The molecule has 0 aliphatic rings. The number of fused-ring (bicyclic) bond motifs is 1. The minimum absolute atomic E-state index is 0.00794. The van der Waals surface area contributed by atoms with E-state index < -0.39 is 0 Å². The molecule has 0 bridgehead atoms. The largest absolute Gasteiger partial charge is 0.361 e. The van der Waals surface area contributed by atoms with Gasteiger partial charge in [0.15, 0.2) is 0 Å². The number of carbonyl (C=O) groups excluding carboxylic acids is 2. The van der Waals surface area contributed by atoms with E-state index in [0.29, 0.717) is 12.1 Å². The fourth-order valence-electron chi connectivity index (χ4n) is 4.12. The Morgan fingerprint density at radius 3 is 2.31 bits per heavy atom. The second-order valence-electron chi connectivity index (χ2n) is 8.12. The molecule has 3 aromatic carbocycles. The Balaban J connectivity index is 1.44. The summed E-state index contributed by atoms with van der Waals surface area (Å²) >= 11 is 0. The molecule has 4 aromatic rings. The molecule has 3 N–H and O–H groups in total. The molecular weight excluding hydrogens is 398 g/mol. The molecule has 5 nitrogen and oxygen atoms in total. The van der Waals surface area contributed by atoms with Crippen LogP contribution in [0.15, 0.2) is 79.0 Å². The van der Waals surface area contributed by atoms with Crippen LogP contribution in [-0.4, -0.2) is 29.9 Å². The average molecular weight is 426 g/mol. The Labute approximate surface area is 187 Å². The highest BCUT2D eigenvalue weighted by Crippen LogP contribution is 2.30. The van der Waals surface area contributed by atoms with E-state index in [-0.39, 0.29) is 24.3 Å². The number of nitrogens with one attached hydrogen (secondary N) is 3. The second kappa shape index (κ2) is 9.52. The molecule has 0 saturated carbocycles. The first-order valence-corrected chi connectivity index (χ1v) is 10.8. The van der Waals surface area contributed by atoms with Gasteiger partial charge in [0.1, 0.15) is 0 Å². The molecule has 2 amide bonds. The van der Waals surface area contributed by atoms with Gasteiger partial charge >= 0.3 is 0 Å². The van der Waals surface area contributed by atoms with Crippen LogP contribution in [0.1, 0.15) is 38.5 Å². The van der Waals surface area contributed by atoms with Crippen molar-refractivity contribution in [2.45, 2.75) is 19.8 Å². The molecule has 0 aliphatic heterocycles. The van der Waals surface area contributed by atoms with Crippen molar-refractivity contribution in [2.75, 3.05) is 13.1 Å². The highest BCUT2D eigenvalue weighted by Gasteiger charge is 2.19. The second-order valence-corrected chi connectivity index (χ2v) is 8.12. The van der Waals surface area contributed by atoms with Crippen molar-refractivity contribution in [2.24, 2.45) is 0 Å². The fraction of sp³-hybridized carbons (Fsp3) is 0.185. The zero-order valence-corrected chi connectivity index (χ0v) is 18.3. The smallest absolute Gasteiger partial charge is 0.251 e. The Kier molecular flexibility index (Phi) is 6.36. The molecule has 0 fully saturated rings. The predicted molar refractivity (Wildman–Crippen MR) is 128 cm³/mol. The summed E-state index contributed by atoms with van der Waals surface area (Å²) in [7, 11) is 0. The number of aryl methyl sites for hydroxylation is 2. The SMILES string of the molecule is Cc1cc(C)cc(C(=O)NCC(=O)NC[C@@H](c2ccccc2)c2c[nH]c3ccccc23)c1. The number of carbonyl (C=O) groups is 2. The van der Waals surface area contributed by atoms with Gasteiger partial charge in [0, 0.05) is 35.1 Å². The van der Waals surface area contributed by atoms with Gasteiger partial charge in [0.25, 0.3) is 5.91 Å². The van der Waals surface area contributed by atoms with Gasteiger partial charge in [0.2, 0.25) is 5.91 Å². The van der Waals surface area contributed by atoms with Gasteiger partial charge < -0.3 is 15.6 Å². The molecule has 4 rings (SSSR count). The minimum Gasteiger partial charge on any atom is -0.361 e. The fourth-order valence-corrected chi connectivity index (χ4v) is 4.12. The molecule has 162 valence electrons. The van der Waals surface area contributed by atoms with Gasteiger partial charge in [0.05, 0.1) is 6.54 Å². The number of aromatic nitrogens is 1. The Morgan fingerprint density at radius 2 is 1.56 bits per heavy atom. The first-order chi connectivity index (χ1) is 15.5. The summed E-state index contributed by atoms with van der Waals surface area (Å²) < 4.78 is 0. The maximum Gasteiger partial charge on any atom is 0.251 e. The van der Waals surface area contributed by atoms with Crippen molar-refractivity contribution in [1.29, 1.82) is 0 Å². The van der Waals surface area contributed by atoms with E-state index in [9.17, 15) is 9.59 Å². The number of hydrogen-bond donors (Lipinski definition) is 3. The van der Waals surface area contributed by atoms with Crippen molar-refractivity contribution in [3.63, 3.8) is 0 Å². The molecule has 0 saturated heterocycles. The summed E-state index contributed by atoms with van der Waals surface area (Å²) in [5.41, 5.74) is 5.92. The first kappa shape index (κ1) is 21.4. The quantitative estimate of drug-likeness (QED) is 0.409. The standard InChI is InChI=1S/C27H27N3O2/c1-18-12-19(2)14-21(13-18)27(32)30-17-26(31)29-15-23(20-8-4-3-5-9-20)24-16-28-25-11-7-6-10-22(24)25/h3-14,16,23,28H,15,17H2,1-2H3,(H,29,31)(H,30,32)/t23-/m0/s1. The average Bonchev–Trinajstić information content (AvgIpc) is 3.22. The van der Waals surface area contributed by atoms with Crippen LogP contribution >= 0.6 is 0 Å². The van der Waals surface area contributed by atoms with Gasteiger partial charge in [-0.15, -0.1) is 0 Å². The monoisotopic (exact) mass is 425 g/mol. The maximum atomic E-state index is 12.5. The van der Waals surface area contributed by atoms with Crippen molar-refractivity contribution >= 4 is 22.7 Å². The van der Waals surface area contributed by atoms with E-state index >= 15 is 0 Å². The van der Waals surface area contributed by atoms with Crippen LogP contribution in [0.2, 0.25) is 0 Å². The molecule has 1 aromatic heterocycles. The Morgan fingerprint density at radius 1 is 0.875 bits per heavy atom. The van der Waals surface area contributed by atoms with E-state index in [1.807, 2.05) is 74.6 Å². The third kappa shape index (κ3) is 4.89. The van der Waals surface area contributed by atoms with Gasteiger partial charge in [-0.1, -0.05) is 65.7 Å². The summed E-state index contributed by atoms with van der Waals surface area (Å²) in [4.78, 5) is 28.3.